The summed E-state index contributed by atoms with van der Waals surface area (Å²) in [7, 11) is 1.66. The minimum atomic E-state index is 0.185. The molecule has 0 radical (unpaired) electrons. The zero-order chi connectivity index (χ0) is 11.4. The molecule has 0 saturated heterocycles. The second kappa shape index (κ2) is 5.94. The molecule has 1 rings (SSSR count). The highest BCUT2D eigenvalue weighted by atomic mass is 79.9. The summed E-state index contributed by atoms with van der Waals surface area (Å²) in [5.41, 5.74) is 0.814. The van der Waals surface area contributed by atoms with Gasteiger partial charge >= 0.3 is 0 Å². The number of halogens is 3. The van der Waals surface area contributed by atoms with Crippen LogP contribution in [-0.4, -0.2) is 19.8 Å². The number of methoxy groups -OCH3 is 1. The molecule has 2 nitrogen and oxygen atoms in total. The lowest BCUT2D eigenvalue weighted by atomic mass is 10.2. The van der Waals surface area contributed by atoms with Gasteiger partial charge in [0.05, 0.1) is 22.3 Å². The van der Waals surface area contributed by atoms with Crippen molar-refractivity contribution in [2.75, 3.05) is 19.0 Å². The average Bonchev–Trinajstić information content (AvgIpc) is 2.20. The second-order valence-electron chi connectivity index (χ2n) is 3.22. The molecule has 0 heterocycles. The fraction of sp³-hybridized carbons (Fsp3) is 0.400. The van der Waals surface area contributed by atoms with Crippen LogP contribution >= 0.6 is 39.1 Å². The molecule has 1 N–H and O–H groups in total. The molecule has 0 aliphatic rings. The van der Waals surface area contributed by atoms with E-state index in [0.717, 1.165) is 10.2 Å². The lowest BCUT2D eigenvalue weighted by Gasteiger charge is -2.16. The zero-order valence-electron chi connectivity index (χ0n) is 8.48. The third-order valence-electron chi connectivity index (χ3n) is 1.85. The summed E-state index contributed by atoms with van der Waals surface area (Å²) in [4.78, 5) is 0. The topological polar surface area (TPSA) is 21.3 Å². The smallest absolute Gasteiger partial charge is 0.0835 e. The lowest BCUT2D eigenvalue weighted by Crippen LogP contribution is -2.20. The zero-order valence-corrected chi connectivity index (χ0v) is 11.6. The van der Waals surface area contributed by atoms with E-state index in [1.165, 1.54) is 0 Å². The van der Waals surface area contributed by atoms with Gasteiger partial charge in [-0.05, 0) is 35.0 Å². The van der Waals surface area contributed by atoms with Gasteiger partial charge in [0.15, 0.2) is 0 Å². The molecule has 1 atom stereocenters. The van der Waals surface area contributed by atoms with Crippen LogP contribution in [0, 0.1) is 0 Å². The summed E-state index contributed by atoms with van der Waals surface area (Å²) in [5.74, 6) is 0. The molecule has 0 fully saturated rings. The first kappa shape index (κ1) is 13.1. The number of anilines is 1. The van der Waals surface area contributed by atoms with Crippen molar-refractivity contribution < 1.29 is 4.74 Å². The van der Waals surface area contributed by atoms with Crippen LogP contribution in [0.4, 0.5) is 5.69 Å². The Labute approximate surface area is 108 Å². The predicted molar refractivity (Wildman–Crippen MR) is 69.1 cm³/mol. The average molecular weight is 313 g/mol. The van der Waals surface area contributed by atoms with Gasteiger partial charge in [0, 0.05) is 17.6 Å². The molecule has 0 aliphatic carbocycles. The van der Waals surface area contributed by atoms with Crippen LogP contribution in [0.25, 0.3) is 0 Å². The fourth-order valence-corrected chi connectivity index (χ4v) is 2.02. The van der Waals surface area contributed by atoms with E-state index in [1.807, 2.05) is 19.1 Å². The first-order valence-corrected chi connectivity index (χ1v) is 6.00. The quantitative estimate of drug-likeness (QED) is 0.841. The number of benzene rings is 1. The largest absolute Gasteiger partial charge is 0.383 e. The third-order valence-corrected chi connectivity index (χ3v) is 3.62. The highest BCUT2D eigenvalue weighted by molar-refractivity contribution is 9.10. The van der Waals surface area contributed by atoms with Crippen LogP contribution in [0.5, 0.6) is 0 Å². The Kier molecular flexibility index (Phi) is 5.19. The molecule has 0 bridgehead atoms. The summed E-state index contributed by atoms with van der Waals surface area (Å²) in [5, 5.41) is 4.26. The van der Waals surface area contributed by atoms with Gasteiger partial charge < -0.3 is 10.1 Å². The van der Waals surface area contributed by atoms with Gasteiger partial charge in [0.25, 0.3) is 0 Å². The Morgan fingerprint density at radius 3 is 2.67 bits per heavy atom. The molecule has 0 aromatic heterocycles. The highest BCUT2D eigenvalue weighted by Gasteiger charge is 2.10. The van der Waals surface area contributed by atoms with Gasteiger partial charge in [-0.25, -0.2) is 0 Å². The van der Waals surface area contributed by atoms with Gasteiger partial charge in [-0.2, -0.15) is 0 Å². The van der Waals surface area contributed by atoms with Crippen LogP contribution in [0.2, 0.25) is 10.0 Å². The van der Waals surface area contributed by atoms with E-state index in [1.54, 1.807) is 7.11 Å². The van der Waals surface area contributed by atoms with E-state index in [2.05, 4.69) is 21.2 Å². The SMILES string of the molecule is COCC(C)Nc1ccc(Br)c(Cl)c1Cl. The molecule has 0 saturated carbocycles. The Balaban J connectivity index is 2.82. The molecular weight excluding hydrogens is 301 g/mol. The predicted octanol–water partition coefficient (Wildman–Crippen LogP) is 4.20. The maximum atomic E-state index is 6.08. The van der Waals surface area contributed by atoms with Gasteiger partial charge in [0.1, 0.15) is 0 Å². The summed E-state index contributed by atoms with van der Waals surface area (Å²) < 4.78 is 5.81. The van der Waals surface area contributed by atoms with Gasteiger partial charge in [-0.1, -0.05) is 23.2 Å². The Hall–Kier alpha value is 0.0400. The van der Waals surface area contributed by atoms with Crippen LogP contribution in [-0.2, 0) is 4.74 Å². The fourth-order valence-electron chi connectivity index (χ4n) is 1.19. The first-order chi connectivity index (χ1) is 7.06. The normalized spacial score (nSPS) is 12.6. The van der Waals surface area contributed by atoms with Crippen molar-refractivity contribution in [1.82, 2.24) is 0 Å². The summed E-state index contributed by atoms with van der Waals surface area (Å²) in [6.07, 6.45) is 0. The number of ether oxygens (including phenoxy) is 1. The van der Waals surface area contributed by atoms with Crippen molar-refractivity contribution >= 4 is 44.8 Å². The number of hydrogen-bond acceptors (Lipinski definition) is 2. The maximum absolute atomic E-state index is 6.08. The second-order valence-corrected chi connectivity index (χ2v) is 4.83. The van der Waals surface area contributed by atoms with Gasteiger partial charge in [-0.3, -0.25) is 0 Å². The van der Waals surface area contributed by atoms with Crippen LogP contribution in [0.15, 0.2) is 16.6 Å². The first-order valence-electron chi connectivity index (χ1n) is 4.45. The maximum Gasteiger partial charge on any atom is 0.0835 e. The lowest BCUT2D eigenvalue weighted by molar-refractivity contribution is 0.190. The summed E-state index contributed by atoms with van der Waals surface area (Å²) >= 11 is 15.4. The Morgan fingerprint density at radius 2 is 2.07 bits per heavy atom. The summed E-state index contributed by atoms with van der Waals surface area (Å²) in [6, 6.07) is 3.92. The van der Waals surface area contributed by atoms with Crippen LogP contribution in [0.1, 0.15) is 6.92 Å². The Morgan fingerprint density at radius 1 is 1.40 bits per heavy atom. The summed E-state index contributed by atoms with van der Waals surface area (Å²) in [6.45, 7) is 2.62. The molecule has 0 spiro atoms. The van der Waals surface area contributed by atoms with E-state index in [4.69, 9.17) is 27.9 Å². The van der Waals surface area contributed by atoms with E-state index in [9.17, 15) is 0 Å². The van der Waals surface area contributed by atoms with E-state index < -0.39 is 0 Å². The van der Waals surface area contributed by atoms with E-state index in [-0.39, 0.29) is 6.04 Å². The number of rotatable bonds is 4. The number of nitrogens with one attached hydrogen (secondary N) is 1. The van der Waals surface area contributed by atoms with Crippen LogP contribution in [0.3, 0.4) is 0 Å². The number of hydrogen-bond donors (Lipinski definition) is 1. The molecule has 0 amide bonds. The van der Waals surface area contributed by atoms with E-state index in [0.29, 0.717) is 16.7 Å². The third kappa shape index (κ3) is 3.52. The molecule has 1 unspecified atom stereocenters. The minimum Gasteiger partial charge on any atom is -0.383 e. The molecule has 5 heteroatoms. The van der Waals surface area contributed by atoms with Crippen molar-refractivity contribution in [1.29, 1.82) is 0 Å². The van der Waals surface area contributed by atoms with Gasteiger partial charge in [0.2, 0.25) is 0 Å². The van der Waals surface area contributed by atoms with Gasteiger partial charge in [-0.15, -0.1) is 0 Å². The molecule has 1 aromatic rings. The molecule has 15 heavy (non-hydrogen) atoms. The standard InChI is InChI=1S/C10H12BrCl2NO/c1-6(5-15-2)14-8-4-3-7(11)9(12)10(8)13/h3-4,6,14H,5H2,1-2H3. The van der Waals surface area contributed by atoms with Crippen molar-refractivity contribution in [2.45, 2.75) is 13.0 Å². The monoisotopic (exact) mass is 311 g/mol. The molecule has 1 aromatic carbocycles. The van der Waals surface area contributed by atoms with Crippen molar-refractivity contribution in [2.24, 2.45) is 0 Å². The van der Waals surface area contributed by atoms with E-state index >= 15 is 0 Å². The highest BCUT2D eigenvalue weighted by Crippen LogP contribution is 2.35. The van der Waals surface area contributed by atoms with Crippen molar-refractivity contribution in [3.8, 4) is 0 Å². The van der Waals surface area contributed by atoms with Crippen LogP contribution < -0.4 is 5.32 Å². The van der Waals surface area contributed by atoms with Crippen molar-refractivity contribution in [3.63, 3.8) is 0 Å². The molecule has 0 aliphatic heterocycles. The molecular formula is C10H12BrCl2NO. The Bertz CT molecular complexity index is 346. The van der Waals surface area contributed by atoms with Crippen molar-refractivity contribution in [3.05, 3.63) is 26.7 Å². The minimum absolute atomic E-state index is 0.185. The molecule has 84 valence electrons.